The zero-order valence-corrected chi connectivity index (χ0v) is 31.1. The topological polar surface area (TPSA) is 100.0 Å². The van der Waals surface area contributed by atoms with Crippen molar-refractivity contribution in [3.63, 3.8) is 0 Å². The number of carbonyl (C=O) groups excluding carboxylic acids is 1. The molecule has 3 aromatic carbocycles. The minimum Gasteiger partial charge on any atom is -0.497 e. The van der Waals surface area contributed by atoms with E-state index in [-0.39, 0.29) is 25.4 Å². The molecule has 0 radical (unpaired) electrons. The summed E-state index contributed by atoms with van der Waals surface area (Å²) in [5.74, 6) is 0.521. The molecule has 6 rings (SSSR count). The van der Waals surface area contributed by atoms with Crippen LogP contribution in [0, 0.1) is 11.7 Å². The number of esters is 1. The Morgan fingerprint density at radius 3 is 2.10 bits per heavy atom. The summed E-state index contributed by atoms with van der Waals surface area (Å²) in [5.41, 5.74) is 4.10. The number of sulfonamides is 1. The quantitative estimate of drug-likeness (QED) is 0.0991. The van der Waals surface area contributed by atoms with E-state index in [1.807, 2.05) is 6.07 Å². The third-order valence-corrected chi connectivity index (χ3v) is 11.9. The molecule has 0 atom stereocenters. The maximum absolute atomic E-state index is 16.0. The second-order valence-corrected chi connectivity index (χ2v) is 15.7. The number of benzene rings is 3. The van der Waals surface area contributed by atoms with E-state index in [0.717, 1.165) is 46.4 Å². The Kier molecular flexibility index (Phi) is 11.1. The minimum absolute atomic E-state index is 0.0264. The van der Waals surface area contributed by atoms with Crippen LogP contribution in [-0.4, -0.2) is 49.1 Å². The molecule has 0 bridgehead atoms. The summed E-state index contributed by atoms with van der Waals surface area (Å²) in [4.78, 5) is 16.4. The second-order valence-electron chi connectivity index (χ2n) is 12.0. The highest BCUT2D eigenvalue weighted by Gasteiger charge is 2.30. The van der Waals surface area contributed by atoms with Gasteiger partial charge in [0.2, 0.25) is 10.0 Å². The predicted molar refractivity (Wildman–Crippen MR) is 194 cm³/mol. The zero-order chi connectivity index (χ0) is 35.4. The predicted octanol–water partition coefficient (Wildman–Crippen LogP) is 8.10. The first-order chi connectivity index (χ1) is 24.1. The van der Waals surface area contributed by atoms with Crippen molar-refractivity contribution in [2.45, 2.75) is 50.7 Å². The third kappa shape index (κ3) is 8.12. The number of methoxy groups -OCH3 is 2. The molecule has 0 unspecified atom stereocenters. The highest BCUT2D eigenvalue weighted by atomic mass is 79.9. The second kappa shape index (κ2) is 15.5. The Morgan fingerprint density at radius 2 is 1.56 bits per heavy atom. The summed E-state index contributed by atoms with van der Waals surface area (Å²) in [6, 6.07) is 20.5. The van der Waals surface area contributed by atoms with Gasteiger partial charge in [0.15, 0.2) is 5.69 Å². The molecule has 0 spiro atoms. The van der Waals surface area contributed by atoms with Crippen LogP contribution in [0.15, 0.2) is 87.5 Å². The molecular formula is C37H37BrFN3O6S2. The van der Waals surface area contributed by atoms with Crippen molar-refractivity contribution in [1.82, 2.24) is 13.9 Å². The number of hydrogen-bond donors (Lipinski definition) is 0. The molecule has 0 amide bonds. The smallest absolute Gasteiger partial charge is 0.357 e. The van der Waals surface area contributed by atoms with Gasteiger partial charge in [-0.15, -0.1) is 11.3 Å². The van der Waals surface area contributed by atoms with Gasteiger partial charge in [0, 0.05) is 41.6 Å². The zero-order valence-electron chi connectivity index (χ0n) is 27.9. The Morgan fingerprint density at radius 1 is 0.960 bits per heavy atom. The van der Waals surface area contributed by atoms with Gasteiger partial charge in [0.05, 0.1) is 26.5 Å². The number of aromatic nitrogens is 2. The average molecular weight is 783 g/mol. The fraction of sp³-hybridized carbons (Fsp3) is 0.297. The van der Waals surface area contributed by atoms with Crippen molar-refractivity contribution in [2.24, 2.45) is 5.92 Å². The summed E-state index contributed by atoms with van der Waals surface area (Å²) >= 11 is 5.07. The van der Waals surface area contributed by atoms with Crippen LogP contribution in [0.25, 0.3) is 10.7 Å². The highest BCUT2D eigenvalue weighted by Crippen LogP contribution is 2.38. The summed E-state index contributed by atoms with van der Waals surface area (Å²) in [6.07, 6.45) is 2.58. The Bertz CT molecular complexity index is 2030. The minimum atomic E-state index is -4.28. The fourth-order valence-electron chi connectivity index (χ4n) is 5.66. The average Bonchev–Trinajstić information content (AvgIpc) is 3.71. The molecule has 0 N–H and O–H groups in total. The van der Waals surface area contributed by atoms with E-state index in [4.69, 9.17) is 14.2 Å². The summed E-state index contributed by atoms with van der Waals surface area (Å²) in [7, 11) is -1.15. The lowest BCUT2D eigenvalue weighted by Gasteiger charge is -2.23. The molecule has 5 aromatic rings. The van der Waals surface area contributed by atoms with Gasteiger partial charge in [-0.1, -0.05) is 30.3 Å². The number of hydrogen-bond acceptors (Lipinski definition) is 8. The number of halogens is 2. The van der Waals surface area contributed by atoms with Gasteiger partial charge in [0.25, 0.3) is 0 Å². The van der Waals surface area contributed by atoms with Crippen LogP contribution in [0.2, 0.25) is 0 Å². The highest BCUT2D eigenvalue weighted by molar-refractivity contribution is 9.10. The van der Waals surface area contributed by atoms with E-state index >= 15 is 4.39 Å². The van der Waals surface area contributed by atoms with Gasteiger partial charge in [-0.25, -0.2) is 22.6 Å². The lowest BCUT2D eigenvalue weighted by molar-refractivity contribution is 0.0520. The number of nitrogens with zero attached hydrogens (tertiary/aromatic N) is 3. The normalized spacial score (nSPS) is 13.1. The maximum atomic E-state index is 16.0. The summed E-state index contributed by atoms with van der Waals surface area (Å²) < 4.78 is 64.2. The van der Waals surface area contributed by atoms with E-state index in [1.54, 1.807) is 81.1 Å². The monoisotopic (exact) mass is 781 g/mol. The molecule has 13 heteroatoms. The van der Waals surface area contributed by atoms with Gasteiger partial charge >= 0.3 is 5.97 Å². The molecule has 0 saturated heterocycles. The van der Waals surface area contributed by atoms with Gasteiger partial charge in [-0.2, -0.15) is 4.31 Å². The first-order valence-corrected chi connectivity index (χ1v) is 19.3. The molecular weight excluding hydrogens is 745 g/mol. The van der Waals surface area contributed by atoms with Crippen molar-refractivity contribution in [3.8, 4) is 22.2 Å². The Labute approximate surface area is 303 Å². The molecule has 1 fully saturated rings. The van der Waals surface area contributed by atoms with Crippen LogP contribution in [0.3, 0.4) is 0 Å². The van der Waals surface area contributed by atoms with Gasteiger partial charge < -0.3 is 18.8 Å². The molecule has 1 saturated carbocycles. The van der Waals surface area contributed by atoms with Crippen molar-refractivity contribution in [3.05, 3.63) is 117 Å². The van der Waals surface area contributed by atoms with Crippen LogP contribution in [-0.2, 0) is 40.8 Å². The maximum Gasteiger partial charge on any atom is 0.357 e. The third-order valence-electron chi connectivity index (χ3n) is 8.52. The SMILES string of the molecule is CCOC(=O)c1csc(-c2cc(Br)c(Cc3ccc(S(=O)(=O)N(Cc4ccc(OC)cc4)Cc4ccc(OC)cc4)c(F)c3)n2CC2CC2)n1. The molecule has 2 aromatic heterocycles. The number of thiazole rings is 1. The standard InChI is InChI=1S/C37H37BrFN3O6S2/c1-4-48-37(43)32-23-49-36(40-32)34-19-30(38)33(42(34)22-26-5-6-26)18-27-11-16-35(31(39)17-27)50(44,45)41(20-24-7-12-28(46-2)13-8-24)21-25-9-14-29(47-3)15-10-25/h7-17,19,23,26H,4-6,18,20-22H2,1-3H3. The molecule has 262 valence electrons. The van der Waals surface area contributed by atoms with Gasteiger partial charge in [-0.05, 0) is 101 Å². The lowest BCUT2D eigenvalue weighted by atomic mass is 10.1. The lowest BCUT2D eigenvalue weighted by Crippen LogP contribution is -2.31. The summed E-state index contributed by atoms with van der Waals surface area (Å²) in [5, 5.41) is 2.37. The number of carbonyl (C=O) groups is 1. The van der Waals surface area contributed by atoms with E-state index in [0.29, 0.717) is 34.4 Å². The van der Waals surface area contributed by atoms with E-state index < -0.39 is 26.7 Å². The van der Waals surface area contributed by atoms with E-state index in [9.17, 15) is 13.2 Å². The molecule has 1 aliphatic carbocycles. The largest absolute Gasteiger partial charge is 0.497 e. The van der Waals surface area contributed by atoms with Crippen molar-refractivity contribution in [1.29, 1.82) is 0 Å². The first kappa shape index (κ1) is 35.8. The van der Waals surface area contributed by atoms with Crippen LogP contribution in [0.5, 0.6) is 11.5 Å². The van der Waals surface area contributed by atoms with E-state index in [1.165, 1.54) is 27.8 Å². The van der Waals surface area contributed by atoms with Crippen molar-refractivity contribution in [2.75, 3.05) is 20.8 Å². The van der Waals surface area contributed by atoms with Crippen LogP contribution >= 0.6 is 27.3 Å². The van der Waals surface area contributed by atoms with Crippen molar-refractivity contribution < 1.29 is 31.8 Å². The van der Waals surface area contributed by atoms with Crippen LogP contribution < -0.4 is 9.47 Å². The van der Waals surface area contributed by atoms with Crippen LogP contribution in [0.1, 0.15) is 52.6 Å². The number of ether oxygens (including phenoxy) is 3. The first-order valence-electron chi connectivity index (χ1n) is 16.1. The van der Waals surface area contributed by atoms with E-state index in [2.05, 4.69) is 25.5 Å². The van der Waals surface area contributed by atoms with Crippen LogP contribution in [0.4, 0.5) is 4.39 Å². The molecule has 2 heterocycles. The molecule has 50 heavy (non-hydrogen) atoms. The Balaban J connectivity index is 1.29. The fourth-order valence-corrected chi connectivity index (χ4v) is 8.51. The Hall–Kier alpha value is -4.04. The number of rotatable bonds is 15. The van der Waals surface area contributed by atoms with Gasteiger partial charge in [0.1, 0.15) is 27.2 Å². The van der Waals surface area contributed by atoms with Crippen molar-refractivity contribution >= 4 is 43.3 Å². The van der Waals surface area contributed by atoms with Gasteiger partial charge in [-0.3, -0.25) is 0 Å². The molecule has 0 aliphatic heterocycles. The summed E-state index contributed by atoms with van der Waals surface area (Å²) in [6.45, 7) is 2.82. The molecule has 9 nitrogen and oxygen atoms in total. The molecule has 1 aliphatic rings.